The van der Waals surface area contributed by atoms with Crippen LogP contribution in [0.25, 0.3) is 11.1 Å². The number of amidine groups is 1. The van der Waals surface area contributed by atoms with Gasteiger partial charge in [-0.15, -0.1) is 0 Å². The number of hydrogen-bond acceptors (Lipinski definition) is 5. The van der Waals surface area contributed by atoms with Crippen LogP contribution in [0, 0.1) is 0 Å². The Morgan fingerprint density at radius 2 is 1.62 bits per heavy atom. The van der Waals surface area contributed by atoms with Crippen molar-refractivity contribution in [2.45, 2.75) is 29.9 Å². The fourth-order valence-electron chi connectivity index (χ4n) is 4.12. The van der Waals surface area contributed by atoms with Crippen molar-refractivity contribution in [2.75, 3.05) is 13.6 Å². The summed E-state index contributed by atoms with van der Waals surface area (Å²) in [4.78, 5) is 4.85. The smallest absolute Gasteiger partial charge is 0.240 e. The fourth-order valence-corrected chi connectivity index (χ4v) is 5.47. The van der Waals surface area contributed by atoms with Gasteiger partial charge in [-0.1, -0.05) is 65.7 Å². The van der Waals surface area contributed by atoms with Crippen molar-refractivity contribution in [3.05, 3.63) is 87.9 Å². The number of nitrogens with one attached hydrogen (secondary N) is 2. The van der Waals surface area contributed by atoms with Crippen LogP contribution in [0.5, 0.6) is 0 Å². The van der Waals surface area contributed by atoms with Crippen LogP contribution in [0.4, 0.5) is 0 Å². The van der Waals surface area contributed by atoms with Gasteiger partial charge in [0, 0.05) is 0 Å². The molecule has 0 fully saturated rings. The average Bonchev–Trinajstić information content (AvgIpc) is 3.26. The van der Waals surface area contributed by atoms with Gasteiger partial charge in [0.15, 0.2) is 0 Å². The molecule has 4 rings (SSSR count). The van der Waals surface area contributed by atoms with Crippen molar-refractivity contribution in [2.24, 2.45) is 4.99 Å². The quantitative estimate of drug-likeness (QED) is 0.446. The second-order valence-corrected chi connectivity index (χ2v) is 11.4. The molecular weight excluding hydrogens is 493 g/mol. The van der Waals surface area contributed by atoms with E-state index < -0.39 is 21.2 Å². The number of rotatable bonds is 6. The van der Waals surface area contributed by atoms with Gasteiger partial charge in [-0.25, -0.2) is 13.1 Å². The summed E-state index contributed by atoms with van der Waals surface area (Å²) in [5.74, 6) is 0.520. The zero-order valence-electron chi connectivity index (χ0n) is 18.9. The lowest BCUT2D eigenvalue weighted by Crippen LogP contribution is -2.58. The summed E-state index contributed by atoms with van der Waals surface area (Å²) >= 11 is 12.8. The maximum atomic E-state index is 12.2. The molecule has 1 heterocycles. The molecule has 0 radical (unpaired) electrons. The molecule has 0 amide bonds. The number of sulfonamides is 1. The van der Waals surface area contributed by atoms with Crippen LogP contribution < -0.4 is 10.0 Å². The Labute approximate surface area is 209 Å². The Morgan fingerprint density at radius 3 is 2.21 bits per heavy atom. The SMILES string of the molecule is CNS(=O)(=O)c1cccc(-c2ccc(C3(C(C)(C)O)CN=C(c4c(Cl)cccc4Cl)N3)cc2)c1. The third-order valence-corrected chi connectivity index (χ3v) is 8.22. The van der Waals surface area contributed by atoms with Gasteiger partial charge in [-0.05, 0) is 61.9 Å². The summed E-state index contributed by atoms with van der Waals surface area (Å²) in [6.07, 6.45) is 0. The summed E-state index contributed by atoms with van der Waals surface area (Å²) in [5, 5.41) is 15.5. The first kappa shape index (κ1) is 24.7. The van der Waals surface area contributed by atoms with E-state index in [0.717, 1.165) is 16.7 Å². The normalized spacial score (nSPS) is 18.5. The predicted molar refractivity (Wildman–Crippen MR) is 137 cm³/mol. The molecule has 0 saturated carbocycles. The number of aliphatic imine (C=N–C) groups is 1. The van der Waals surface area contributed by atoms with Crippen LogP contribution in [0.2, 0.25) is 10.0 Å². The largest absolute Gasteiger partial charge is 0.388 e. The number of halogens is 2. The Balaban J connectivity index is 1.70. The molecule has 1 aliphatic heterocycles. The third kappa shape index (κ3) is 4.34. The summed E-state index contributed by atoms with van der Waals surface area (Å²) in [6, 6.07) is 19.6. The first-order chi connectivity index (χ1) is 16.0. The molecule has 0 aromatic heterocycles. The minimum Gasteiger partial charge on any atom is -0.388 e. The minimum absolute atomic E-state index is 0.191. The molecule has 0 spiro atoms. The fraction of sp³-hybridized carbons (Fsp3) is 0.240. The van der Waals surface area contributed by atoms with Crippen LogP contribution in [0.3, 0.4) is 0 Å². The van der Waals surface area contributed by atoms with Crippen molar-refractivity contribution in [3.63, 3.8) is 0 Å². The standard InChI is InChI=1S/C25H25Cl2N3O3S/c1-24(2,31)25(15-29-23(30-25)22-20(26)8-5-9-21(22)27)18-12-10-16(11-13-18)17-6-4-7-19(14-17)34(32,33)28-3/h4-14,28,31H,15H2,1-3H3,(H,29,30). The highest BCUT2D eigenvalue weighted by molar-refractivity contribution is 7.89. The molecule has 1 unspecified atom stereocenters. The number of aliphatic hydroxyl groups is 1. The topological polar surface area (TPSA) is 90.8 Å². The molecule has 34 heavy (non-hydrogen) atoms. The first-order valence-corrected chi connectivity index (χ1v) is 12.9. The van der Waals surface area contributed by atoms with Crippen molar-refractivity contribution >= 4 is 39.1 Å². The van der Waals surface area contributed by atoms with Crippen LogP contribution in [-0.2, 0) is 15.6 Å². The first-order valence-electron chi connectivity index (χ1n) is 10.6. The summed E-state index contributed by atoms with van der Waals surface area (Å²) in [5.41, 5.74) is 0.922. The van der Waals surface area contributed by atoms with Crippen molar-refractivity contribution < 1.29 is 13.5 Å². The number of nitrogens with zero attached hydrogens (tertiary/aromatic N) is 1. The van der Waals surface area contributed by atoms with E-state index in [2.05, 4.69) is 15.0 Å². The van der Waals surface area contributed by atoms with E-state index in [4.69, 9.17) is 23.2 Å². The lowest BCUT2D eigenvalue weighted by Gasteiger charge is -2.41. The molecule has 3 aromatic carbocycles. The Morgan fingerprint density at radius 1 is 1.00 bits per heavy atom. The van der Waals surface area contributed by atoms with Crippen LogP contribution in [-0.4, -0.2) is 38.6 Å². The Kier molecular flexibility index (Phi) is 6.52. The van der Waals surface area contributed by atoms with Gasteiger partial charge in [0.25, 0.3) is 0 Å². The van der Waals surface area contributed by atoms with Crippen molar-refractivity contribution in [1.29, 1.82) is 0 Å². The second kappa shape index (κ2) is 8.98. The maximum Gasteiger partial charge on any atom is 0.240 e. The number of benzene rings is 3. The van der Waals surface area contributed by atoms with E-state index in [9.17, 15) is 13.5 Å². The van der Waals surface area contributed by atoms with Gasteiger partial charge in [0.2, 0.25) is 10.0 Å². The van der Waals surface area contributed by atoms with E-state index in [1.165, 1.54) is 7.05 Å². The predicted octanol–water partition coefficient (Wildman–Crippen LogP) is 4.58. The van der Waals surface area contributed by atoms with E-state index in [-0.39, 0.29) is 11.4 Å². The summed E-state index contributed by atoms with van der Waals surface area (Å²) in [6.45, 7) is 3.74. The van der Waals surface area contributed by atoms with E-state index in [0.29, 0.717) is 21.4 Å². The molecule has 3 aromatic rings. The maximum absolute atomic E-state index is 12.2. The van der Waals surface area contributed by atoms with Crippen LogP contribution >= 0.6 is 23.2 Å². The molecular formula is C25H25Cl2N3O3S. The zero-order chi connectivity index (χ0) is 24.7. The summed E-state index contributed by atoms with van der Waals surface area (Å²) in [7, 11) is -2.17. The highest BCUT2D eigenvalue weighted by Gasteiger charge is 2.49. The van der Waals surface area contributed by atoms with Crippen LogP contribution in [0.15, 0.2) is 76.6 Å². The lowest BCUT2D eigenvalue weighted by atomic mass is 9.76. The molecule has 178 valence electrons. The molecule has 3 N–H and O–H groups in total. The lowest BCUT2D eigenvalue weighted by molar-refractivity contribution is -0.00710. The third-order valence-electron chi connectivity index (χ3n) is 6.17. The Bertz CT molecular complexity index is 1350. The molecule has 1 atom stereocenters. The van der Waals surface area contributed by atoms with Crippen molar-refractivity contribution in [1.82, 2.24) is 10.0 Å². The molecule has 0 aliphatic carbocycles. The number of hydrogen-bond donors (Lipinski definition) is 3. The molecule has 0 saturated heterocycles. The van der Waals surface area contributed by atoms with Gasteiger partial charge in [0.1, 0.15) is 11.4 Å². The molecule has 6 nitrogen and oxygen atoms in total. The van der Waals surface area contributed by atoms with Gasteiger partial charge in [-0.3, -0.25) is 4.99 Å². The van der Waals surface area contributed by atoms with Crippen LogP contribution in [0.1, 0.15) is 25.0 Å². The Hall–Kier alpha value is -2.42. The molecule has 0 bridgehead atoms. The van der Waals surface area contributed by atoms with E-state index in [1.54, 1.807) is 50.2 Å². The van der Waals surface area contributed by atoms with Gasteiger partial charge >= 0.3 is 0 Å². The minimum atomic E-state index is -3.55. The van der Waals surface area contributed by atoms with Gasteiger partial charge in [0.05, 0.1) is 32.7 Å². The molecule has 1 aliphatic rings. The highest BCUT2D eigenvalue weighted by atomic mass is 35.5. The highest BCUT2D eigenvalue weighted by Crippen LogP contribution is 2.39. The zero-order valence-corrected chi connectivity index (χ0v) is 21.3. The van der Waals surface area contributed by atoms with Gasteiger partial charge in [-0.2, -0.15) is 0 Å². The average molecular weight is 518 g/mol. The van der Waals surface area contributed by atoms with E-state index in [1.807, 2.05) is 30.3 Å². The second-order valence-electron chi connectivity index (χ2n) is 8.66. The molecule has 9 heteroatoms. The van der Waals surface area contributed by atoms with E-state index >= 15 is 0 Å². The monoisotopic (exact) mass is 517 g/mol. The van der Waals surface area contributed by atoms with Gasteiger partial charge < -0.3 is 10.4 Å². The summed E-state index contributed by atoms with van der Waals surface area (Å²) < 4.78 is 26.7. The van der Waals surface area contributed by atoms with Crippen molar-refractivity contribution in [3.8, 4) is 11.1 Å².